The normalized spacial score (nSPS) is 12.7. The van der Waals surface area contributed by atoms with Gasteiger partial charge in [-0.2, -0.15) is 0 Å². The minimum Gasteiger partial charge on any atom is -0.0882 e. The van der Waals surface area contributed by atoms with Gasteiger partial charge in [-0.25, -0.2) is 0 Å². The van der Waals surface area contributed by atoms with Crippen LogP contribution >= 0.6 is 0 Å². The Balaban J connectivity index is 3.36. The molecule has 0 saturated carbocycles. The van der Waals surface area contributed by atoms with E-state index >= 15 is 0 Å². The monoisotopic (exact) mass is 259 g/mol. The number of hydrogen-bond acceptors (Lipinski definition) is 0. The summed E-state index contributed by atoms with van der Waals surface area (Å²) in [5.41, 5.74) is 0. The average molecular weight is 259 g/mol. The van der Waals surface area contributed by atoms with Gasteiger partial charge < -0.3 is 0 Å². The molecular formula is C19H31. The number of hydrogen-bond donors (Lipinski definition) is 0. The third kappa shape index (κ3) is 17.0. The SMILES string of the molecule is [CH2]CCC/C=C/C/C=C/C/C=C/C/C=C/CCCC. The standard InChI is InChI=1S/C19H31/c1-3-5-7-9-11-13-15-17-19-18-16-14-12-10-8-6-4-2/h9-12,15-18H,1,3-8,13-14,19H2,2H3/b11-9+,12-10+,17-15+,18-16+. The Morgan fingerprint density at radius 2 is 1.05 bits per heavy atom. The zero-order valence-electron chi connectivity index (χ0n) is 12.7. The van der Waals surface area contributed by atoms with Crippen molar-refractivity contribution in [2.45, 2.75) is 64.7 Å². The molecule has 1 radical (unpaired) electrons. The molecule has 107 valence electrons. The molecule has 0 amide bonds. The van der Waals surface area contributed by atoms with E-state index in [0.717, 1.165) is 25.7 Å². The summed E-state index contributed by atoms with van der Waals surface area (Å²) in [4.78, 5) is 0. The molecule has 0 N–H and O–H groups in total. The molecule has 0 nitrogen and oxygen atoms in total. The Kier molecular flexibility index (Phi) is 16.0. The number of unbranched alkanes of at least 4 members (excludes halogenated alkanes) is 4. The van der Waals surface area contributed by atoms with Crippen molar-refractivity contribution in [2.24, 2.45) is 0 Å². The lowest BCUT2D eigenvalue weighted by atomic mass is 10.2. The molecule has 0 spiro atoms. The minimum absolute atomic E-state index is 1.04. The van der Waals surface area contributed by atoms with Crippen molar-refractivity contribution < 1.29 is 0 Å². The predicted molar refractivity (Wildman–Crippen MR) is 89.1 cm³/mol. The van der Waals surface area contributed by atoms with Gasteiger partial charge in [0.05, 0.1) is 0 Å². The van der Waals surface area contributed by atoms with Gasteiger partial charge in [0.25, 0.3) is 0 Å². The highest BCUT2D eigenvalue weighted by Gasteiger charge is 1.78. The molecule has 0 fully saturated rings. The lowest BCUT2D eigenvalue weighted by molar-refractivity contribution is 0.813. The first-order valence-electron chi connectivity index (χ1n) is 7.81. The third-order valence-corrected chi connectivity index (χ3v) is 2.83. The molecule has 0 aliphatic carbocycles. The second kappa shape index (κ2) is 17.0. The van der Waals surface area contributed by atoms with Crippen molar-refractivity contribution in [3.63, 3.8) is 0 Å². The van der Waals surface area contributed by atoms with Crippen LogP contribution < -0.4 is 0 Å². The maximum absolute atomic E-state index is 3.83. The van der Waals surface area contributed by atoms with Crippen molar-refractivity contribution in [1.29, 1.82) is 0 Å². The van der Waals surface area contributed by atoms with E-state index in [0.29, 0.717) is 0 Å². The van der Waals surface area contributed by atoms with Gasteiger partial charge in [0, 0.05) is 0 Å². The van der Waals surface area contributed by atoms with E-state index in [9.17, 15) is 0 Å². The molecule has 0 heterocycles. The van der Waals surface area contributed by atoms with Crippen LogP contribution in [0.5, 0.6) is 0 Å². The quantitative estimate of drug-likeness (QED) is 0.274. The van der Waals surface area contributed by atoms with Crippen molar-refractivity contribution in [3.05, 3.63) is 55.5 Å². The zero-order valence-corrected chi connectivity index (χ0v) is 12.7. The highest BCUT2D eigenvalue weighted by molar-refractivity contribution is 4.99. The van der Waals surface area contributed by atoms with Crippen LogP contribution in [0.3, 0.4) is 0 Å². The summed E-state index contributed by atoms with van der Waals surface area (Å²) < 4.78 is 0. The summed E-state index contributed by atoms with van der Waals surface area (Å²) >= 11 is 0. The number of rotatable bonds is 12. The van der Waals surface area contributed by atoms with E-state index in [1.165, 1.54) is 32.1 Å². The molecule has 0 heteroatoms. The average Bonchev–Trinajstić information content (AvgIpc) is 2.43. The molecule has 0 aliphatic heterocycles. The van der Waals surface area contributed by atoms with Gasteiger partial charge in [0.15, 0.2) is 0 Å². The molecule has 0 rings (SSSR count). The first-order valence-corrected chi connectivity index (χ1v) is 7.81. The summed E-state index contributed by atoms with van der Waals surface area (Å²) in [6.07, 6.45) is 28.4. The van der Waals surface area contributed by atoms with Crippen molar-refractivity contribution in [1.82, 2.24) is 0 Å². The lowest BCUT2D eigenvalue weighted by Crippen LogP contribution is -1.67. The number of allylic oxidation sites excluding steroid dienone is 8. The maximum Gasteiger partial charge on any atom is -0.0169 e. The van der Waals surface area contributed by atoms with Crippen LogP contribution in [-0.2, 0) is 0 Å². The van der Waals surface area contributed by atoms with E-state index in [1.54, 1.807) is 0 Å². The van der Waals surface area contributed by atoms with Gasteiger partial charge in [-0.3, -0.25) is 0 Å². The first kappa shape index (κ1) is 18.0. The zero-order chi connectivity index (χ0) is 14.0. The Hall–Kier alpha value is -1.04. The summed E-state index contributed by atoms with van der Waals surface area (Å²) in [6, 6.07) is 0. The van der Waals surface area contributed by atoms with Crippen LogP contribution in [0.1, 0.15) is 64.7 Å². The van der Waals surface area contributed by atoms with Gasteiger partial charge >= 0.3 is 0 Å². The molecule has 0 saturated heterocycles. The molecular weight excluding hydrogens is 228 g/mol. The summed E-state index contributed by atoms with van der Waals surface area (Å²) in [5.74, 6) is 0. The third-order valence-electron chi connectivity index (χ3n) is 2.83. The van der Waals surface area contributed by atoms with Crippen LogP contribution in [0, 0.1) is 6.92 Å². The molecule has 0 atom stereocenters. The fourth-order valence-corrected chi connectivity index (χ4v) is 1.63. The van der Waals surface area contributed by atoms with Crippen LogP contribution in [-0.4, -0.2) is 0 Å². The summed E-state index contributed by atoms with van der Waals surface area (Å²) in [5, 5.41) is 0. The first-order chi connectivity index (χ1) is 9.41. The predicted octanol–water partition coefficient (Wildman–Crippen LogP) is 6.58. The van der Waals surface area contributed by atoms with E-state index in [4.69, 9.17) is 0 Å². The maximum atomic E-state index is 3.83. The molecule has 0 aliphatic rings. The van der Waals surface area contributed by atoms with Gasteiger partial charge in [0.1, 0.15) is 0 Å². The fourth-order valence-electron chi connectivity index (χ4n) is 1.63. The fraction of sp³-hybridized carbons (Fsp3) is 0.526. The van der Waals surface area contributed by atoms with Crippen molar-refractivity contribution in [2.75, 3.05) is 0 Å². The topological polar surface area (TPSA) is 0 Å². The minimum atomic E-state index is 1.04. The molecule has 19 heavy (non-hydrogen) atoms. The van der Waals surface area contributed by atoms with E-state index in [-0.39, 0.29) is 0 Å². The molecule has 0 bridgehead atoms. The Bertz CT molecular complexity index is 238. The van der Waals surface area contributed by atoms with Crippen LogP contribution in [0.15, 0.2) is 48.6 Å². The highest BCUT2D eigenvalue weighted by atomic mass is 13.8. The highest BCUT2D eigenvalue weighted by Crippen LogP contribution is 1.99. The van der Waals surface area contributed by atoms with Crippen molar-refractivity contribution >= 4 is 0 Å². The van der Waals surface area contributed by atoms with Gasteiger partial charge in [-0.1, -0.05) is 81.7 Å². The molecule has 0 aromatic rings. The lowest BCUT2D eigenvalue weighted by Gasteiger charge is -1.88. The van der Waals surface area contributed by atoms with Crippen LogP contribution in [0.2, 0.25) is 0 Å². The summed E-state index contributed by atoms with van der Waals surface area (Å²) in [7, 11) is 0. The van der Waals surface area contributed by atoms with Gasteiger partial charge in [-0.15, -0.1) is 0 Å². The summed E-state index contributed by atoms with van der Waals surface area (Å²) in [6.45, 7) is 6.06. The molecule has 0 unspecified atom stereocenters. The Labute approximate surface area is 121 Å². The van der Waals surface area contributed by atoms with E-state index < -0.39 is 0 Å². The largest absolute Gasteiger partial charge is 0.0882 e. The van der Waals surface area contributed by atoms with Crippen LogP contribution in [0.25, 0.3) is 0 Å². The second-order valence-corrected chi connectivity index (χ2v) is 4.73. The molecule has 0 aromatic carbocycles. The van der Waals surface area contributed by atoms with E-state index in [1.807, 2.05) is 0 Å². The van der Waals surface area contributed by atoms with Gasteiger partial charge in [0.2, 0.25) is 0 Å². The van der Waals surface area contributed by atoms with Gasteiger partial charge in [-0.05, 0) is 38.5 Å². The smallest absolute Gasteiger partial charge is 0.0169 e. The van der Waals surface area contributed by atoms with E-state index in [2.05, 4.69) is 62.5 Å². The Morgan fingerprint density at radius 3 is 1.47 bits per heavy atom. The molecule has 0 aromatic heterocycles. The van der Waals surface area contributed by atoms with Crippen molar-refractivity contribution in [3.8, 4) is 0 Å². The Morgan fingerprint density at radius 1 is 0.632 bits per heavy atom. The van der Waals surface area contributed by atoms with Crippen LogP contribution in [0.4, 0.5) is 0 Å². The second-order valence-electron chi connectivity index (χ2n) is 4.73.